The summed E-state index contributed by atoms with van der Waals surface area (Å²) in [6.07, 6.45) is 0. The third kappa shape index (κ3) is 1.07. The van der Waals surface area contributed by atoms with Crippen LogP contribution in [0.2, 0.25) is 0 Å². The van der Waals surface area contributed by atoms with Gasteiger partial charge in [-0.3, -0.25) is 9.59 Å². The fourth-order valence-electron chi connectivity index (χ4n) is 0.457. The highest BCUT2D eigenvalue weighted by Crippen LogP contribution is 1.91. The van der Waals surface area contributed by atoms with E-state index >= 15 is 0 Å². The van der Waals surface area contributed by atoms with Crippen molar-refractivity contribution in [2.24, 2.45) is 0 Å². The minimum Gasteiger partial charge on any atom is -0.375 e. The summed E-state index contributed by atoms with van der Waals surface area (Å²) in [5.74, 6) is -0.187. The minimum atomic E-state index is -0.389. The number of ketones is 1. The maximum Gasteiger partial charge on any atom is 0.280 e. The molecule has 0 unspecified atom stereocenters. The standard InChI is InChI=1S/C5H5NO3/c1-3(7)4-2-5(8)6-9-4/h2H,1H3,(H,6,8). The van der Waals surface area contributed by atoms with Gasteiger partial charge < -0.3 is 4.52 Å². The average molecular weight is 127 g/mol. The van der Waals surface area contributed by atoms with Crippen molar-refractivity contribution in [3.63, 3.8) is 0 Å². The Balaban J connectivity index is 3.12. The van der Waals surface area contributed by atoms with Gasteiger partial charge in [0.2, 0.25) is 5.76 Å². The largest absolute Gasteiger partial charge is 0.375 e. The number of aromatic nitrogens is 1. The van der Waals surface area contributed by atoms with Gasteiger partial charge in [0.05, 0.1) is 6.07 Å². The summed E-state index contributed by atoms with van der Waals surface area (Å²) in [5.41, 5.74) is -0.389. The molecule has 0 bridgehead atoms. The number of aromatic amines is 1. The van der Waals surface area contributed by atoms with Gasteiger partial charge in [0.15, 0.2) is 5.78 Å². The summed E-state index contributed by atoms with van der Waals surface area (Å²) in [4.78, 5) is 20.7. The molecule has 0 atom stereocenters. The number of carbonyl (C=O) groups is 1. The van der Waals surface area contributed by atoms with Crippen LogP contribution in [0.5, 0.6) is 0 Å². The molecule has 0 saturated carbocycles. The van der Waals surface area contributed by atoms with Crippen LogP contribution < -0.4 is 5.56 Å². The van der Waals surface area contributed by atoms with Crippen molar-refractivity contribution >= 4 is 5.78 Å². The second kappa shape index (κ2) is 1.89. The van der Waals surface area contributed by atoms with E-state index in [4.69, 9.17) is 0 Å². The number of rotatable bonds is 1. The SMILES string of the molecule is CC(=O)c1cc(=O)[nH]o1. The zero-order valence-electron chi connectivity index (χ0n) is 4.80. The van der Waals surface area contributed by atoms with E-state index < -0.39 is 0 Å². The van der Waals surface area contributed by atoms with Crippen molar-refractivity contribution in [1.82, 2.24) is 5.16 Å². The maximum atomic E-state index is 10.4. The fraction of sp³-hybridized carbons (Fsp3) is 0.200. The molecule has 1 rings (SSSR count). The Hall–Kier alpha value is -1.32. The van der Waals surface area contributed by atoms with E-state index in [0.717, 1.165) is 6.07 Å². The number of carbonyl (C=O) groups excluding carboxylic acids is 1. The molecule has 0 aromatic carbocycles. The lowest BCUT2D eigenvalue weighted by molar-refractivity contribution is 0.0978. The topological polar surface area (TPSA) is 63.1 Å². The van der Waals surface area contributed by atoms with E-state index in [2.05, 4.69) is 4.52 Å². The summed E-state index contributed by atoms with van der Waals surface area (Å²) in [5, 5.41) is 2.00. The quantitative estimate of drug-likeness (QED) is 0.547. The molecule has 9 heavy (non-hydrogen) atoms. The Morgan fingerprint density at radius 2 is 2.44 bits per heavy atom. The number of nitrogens with one attached hydrogen (secondary N) is 1. The van der Waals surface area contributed by atoms with Crippen LogP contribution in [-0.2, 0) is 0 Å². The molecule has 0 spiro atoms. The summed E-state index contributed by atoms with van der Waals surface area (Å²) < 4.78 is 4.44. The van der Waals surface area contributed by atoms with E-state index in [1.165, 1.54) is 6.92 Å². The number of Topliss-reactive ketones (excluding diaryl/α,β-unsaturated/α-hetero) is 1. The predicted molar refractivity (Wildman–Crippen MR) is 29.3 cm³/mol. The summed E-state index contributed by atoms with van der Waals surface area (Å²) in [7, 11) is 0. The van der Waals surface area contributed by atoms with Crippen molar-refractivity contribution in [2.75, 3.05) is 0 Å². The van der Waals surface area contributed by atoms with Crippen LogP contribution in [0.15, 0.2) is 15.4 Å². The zero-order valence-corrected chi connectivity index (χ0v) is 4.80. The Morgan fingerprint density at radius 1 is 1.78 bits per heavy atom. The lowest BCUT2D eigenvalue weighted by Gasteiger charge is -1.77. The lowest BCUT2D eigenvalue weighted by Crippen LogP contribution is -1.94. The second-order valence-electron chi connectivity index (χ2n) is 1.63. The van der Waals surface area contributed by atoms with Gasteiger partial charge in [0.1, 0.15) is 0 Å². The van der Waals surface area contributed by atoms with Crippen LogP contribution in [0.1, 0.15) is 17.5 Å². The fourth-order valence-corrected chi connectivity index (χ4v) is 0.457. The predicted octanol–water partition coefficient (Wildman–Crippen LogP) is 0.170. The van der Waals surface area contributed by atoms with Gasteiger partial charge in [-0.2, -0.15) is 5.16 Å². The minimum absolute atomic E-state index is 0.0694. The van der Waals surface area contributed by atoms with E-state index in [0.29, 0.717) is 0 Å². The molecule has 1 aromatic rings. The molecule has 0 radical (unpaired) electrons. The molecule has 0 saturated heterocycles. The third-order valence-corrected chi connectivity index (χ3v) is 0.871. The summed E-state index contributed by atoms with van der Waals surface area (Å²) >= 11 is 0. The molecule has 48 valence electrons. The van der Waals surface area contributed by atoms with E-state index in [9.17, 15) is 9.59 Å². The smallest absolute Gasteiger partial charge is 0.280 e. The second-order valence-corrected chi connectivity index (χ2v) is 1.63. The highest BCUT2D eigenvalue weighted by molar-refractivity contribution is 5.90. The van der Waals surface area contributed by atoms with Gasteiger partial charge in [0.25, 0.3) is 5.56 Å². The number of hydrogen-bond acceptors (Lipinski definition) is 3. The molecule has 4 heteroatoms. The number of H-pyrrole nitrogens is 1. The molecule has 1 aromatic heterocycles. The first-order valence-electron chi connectivity index (χ1n) is 2.39. The monoisotopic (exact) mass is 127 g/mol. The Labute approximate surface area is 50.4 Å². The van der Waals surface area contributed by atoms with E-state index in [1.54, 1.807) is 0 Å². The first-order chi connectivity index (χ1) is 4.20. The number of hydrogen-bond donors (Lipinski definition) is 1. The van der Waals surface area contributed by atoms with Gasteiger partial charge in [-0.15, -0.1) is 0 Å². The van der Waals surface area contributed by atoms with Crippen LogP contribution in [-0.4, -0.2) is 10.9 Å². The molecule has 0 fully saturated rings. The first-order valence-corrected chi connectivity index (χ1v) is 2.39. The van der Waals surface area contributed by atoms with Gasteiger partial charge in [-0.1, -0.05) is 0 Å². The van der Waals surface area contributed by atoms with Crippen molar-refractivity contribution in [1.29, 1.82) is 0 Å². The van der Waals surface area contributed by atoms with E-state index in [-0.39, 0.29) is 17.1 Å². The van der Waals surface area contributed by atoms with Crippen LogP contribution >= 0.6 is 0 Å². The highest BCUT2D eigenvalue weighted by Gasteiger charge is 2.02. The van der Waals surface area contributed by atoms with Crippen LogP contribution in [0.3, 0.4) is 0 Å². The van der Waals surface area contributed by atoms with Crippen LogP contribution in [0.25, 0.3) is 0 Å². The van der Waals surface area contributed by atoms with Crippen molar-refractivity contribution < 1.29 is 9.32 Å². The summed E-state index contributed by atoms with van der Waals surface area (Å²) in [6, 6.07) is 1.11. The molecule has 0 aliphatic heterocycles. The van der Waals surface area contributed by atoms with Gasteiger partial charge in [0, 0.05) is 6.92 Å². The first kappa shape index (κ1) is 5.81. The molecule has 1 N–H and O–H groups in total. The molecule has 4 nitrogen and oxygen atoms in total. The molecule has 0 aliphatic carbocycles. The molecule has 1 heterocycles. The Kier molecular flexibility index (Phi) is 1.22. The highest BCUT2D eigenvalue weighted by atomic mass is 16.5. The average Bonchev–Trinajstić information content (AvgIpc) is 2.14. The molecular formula is C5H5NO3. The van der Waals surface area contributed by atoms with Gasteiger partial charge >= 0.3 is 0 Å². The molecule has 0 aliphatic rings. The van der Waals surface area contributed by atoms with Crippen LogP contribution in [0.4, 0.5) is 0 Å². The van der Waals surface area contributed by atoms with Gasteiger partial charge in [-0.25, -0.2) is 0 Å². The van der Waals surface area contributed by atoms with Gasteiger partial charge in [-0.05, 0) is 0 Å². The normalized spacial score (nSPS) is 9.44. The third-order valence-electron chi connectivity index (χ3n) is 0.871. The Bertz CT molecular complexity index is 270. The lowest BCUT2D eigenvalue weighted by atomic mass is 10.3. The van der Waals surface area contributed by atoms with Crippen molar-refractivity contribution in [3.8, 4) is 0 Å². The van der Waals surface area contributed by atoms with Crippen molar-refractivity contribution in [2.45, 2.75) is 6.92 Å². The molecule has 0 amide bonds. The summed E-state index contributed by atoms with van der Waals surface area (Å²) in [6.45, 7) is 1.33. The van der Waals surface area contributed by atoms with E-state index in [1.807, 2.05) is 5.16 Å². The Morgan fingerprint density at radius 3 is 2.67 bits per heavy atom. The van der Waals surface area contributed by atoms with Crippen LogP contribution in [0, 0.1) is 0 Å². The van der Waals surface area contributed by atoms with Crippen molar-refractivity contribution in [3.05, 3.63) is 22.2 Å². The maximum absolute atomic E-state index is 10.4. The zero-order chi connectivity index (χ0) is 6.85. The molecular weight excluding hydrogens is 122 g/mol.